The maximum absolute atomic E-state index is 13.8. The van der Waals surface area contributed by atoms with Crippen LogP contribution >= 0.6 is 23.2 Å². The summed E-state index contributed by atoms with van der Waals surface area (Å²) in [4.78, 5) is 8.63. The molecule has 3 aromatic rings. The van der Waals surface area contributed by atoms with Crippen LogP contribution in [0.1, 0.15) is 50.8 Å². The highest BCUT2D eigenvalue weighted by Crippen LogP contribution is 2.47. The number of aromatic nitrogens is 2. The quantitative estimate of drug-likeness (QED) is 0.230. The highest BCUT2D eigenvalue weighted by atomic mass is 35.5. The molecule has 1 atom stereocenters. The van der Waals surface area contributed by atoms with Crippen LogP contribution in [0.3, 0.4) is 0 Å². The number of alkyl halides is 2. The van der Waals surface area contributed by atoms with Gasteiger partial charge in [0.1, 0.15) is 16.8 Å². The standard InChI is InChI=1S/C27H28Cl2F2N8/c1-26(2,3)14-35-21-15(11-32)12-34-22-18(21)9-16(10-19(22)28)36-23(17-5-4-8-33-24(17)29)20-13-39(38-37-20)27(6-7-27)25(30)31/h4-5,8-10,12-13,23,25,36-38H,6-7,14H2,1-3H3,(H,34,35). The van der Waals surface area contributed by atoms with Gasteiger partial charge in [-0.1, -0.05) is 50.0 Å². The van der Waals surface area contributed by atoms with Gasteiger partial charge in [-0.05, 0) is 36.5 Å². The Kier molecular flexibility index (Phi) is 7.18. The van der Waals surface area contributed by atoms with E-state index in [1.54, 1.807) is 24.5 Å². The van der Waals surface area contributed by atoms with Crippen LogP contribution in [0.2, 0.25) is 10.2 Å². The van der Waals surface area contributed by atoms with E-state index in [0.29, 0.717) is 63.5 Å². The molecule has 2 aliphatic rings. The molecule has 0 spiro atoms. The fourth-order valence-electron chi connectivity index (χ4n) is 4.48. The van der Waals surface area contributed by atoms with Crippen LogP contribution in [-0.2, 0) is 0 Å². The Labute approximate surface area is 235 Å². The Morgan fingerprint density at radius 3 is 2.64 bits per heavy atom. The molecule has 1 aliphatic carbocycles. The van der Waals surface area contributed by atoms with E-state index in [1.165, 1.54) is 11.2 Å². The Morgan fingerprint density at radius 1 is 1.23 bits per heavy atom. The number of halogens is 4. The van der Waals surface area contributed by atoms with Crippen molar-refractivity contribution in [2.45, 2.75) is 51.6 Å². The molecule has 0 amide bonds. The Hall–Kier alpha value is -3.39. The Morgan fingerprint density at radius 2 is 2.00 bits per heavy atom. The summed E-state index contributed by atoms with van der Waals surface area (Å²) < 4.78 is 27.6. The molecule has 0 bridgehead atoms. The summed E-state index contributed by atoms with van der Waals surface area (Å²) in [5.74, 6) is 0. The van der Waals surface area contributed by atoms with E-state index in [-0.39, 0.29) is 10.6 Å². The van der Waals surface area contributed by atoms with Crippen molar-refractivity contribution in [1.82, 2.24) is 25.9 Å². The lowest BCUT2D eigenvalue weighted by atomic mass is 9.96. The largest absolute Gasteiger partial charge is 0.383 e. The summed E-state index contributed by atoms with van der Waals surface area (Å²) in [5, 5.41) is 19.4. The van der Waals surface area contributed by atoms with Crippen molar-refractivity contribution < 1.29 is 8.78 Å². The first-order valence-corrected chi connectivity index (χ1v) is 13.2. The Bertz CT molecular complexity index is 1480. The number of hydrazine groups is 2. The second-order valence-corrected chi connectivity index (χ2v) is 11.7. The Balaban J connectivity index is 1.57. The minimum absolute atomic E-state index is 0.0409. The zero-order valence-corrected chi connectivity index (χ0v) is 23.1. The van der Waals surface area contributed by atoms with Crippen LogP contribution < -0.4 is 21.6 Å². The van der Waals surface area contributed by atoms with Crippen LogP contribution in [0.15, 0.2) is 48.6 Å². The van der Waals surface area contributed by atoms with E-state index >= 15 is 0 Å². The van der Waals surface area contributed by atoms with E-state index in [0.717, 1.165) is 0 Å². The number of benzene rings is 1. The first kappa shape index (κ1) is 27.2. The molecular weight excluding hydrogens is 545 g/mol. The molecule has 39 heavy (non-hydrogen) atoms. The van der Waals surface area contributed by atoms with Crippen molar-refractivity contribution in [2.75, 3.05) is 17.2 Å². The lowest BCUT2D eigenvalue weighted by molar-refractivity contribution is 0.00911. The van der Waals surface area contributed by atoms with Gasteiger partial charge in [0.05, 0.1) is 33.5 Å². The van der Waals surface area contributed by atoms with Crippen LogP contribution in [-0.4, -0.2) is 33.5 Å². The van der Waals surface area contributed by atoms with Crippen LogP contribution in [0, 0.1) is 16.7 Å². The maximum atomic E-state index is 13.8. The third-order valence-electron chi connectivity index (χ3n) is 6.80. The smallest absolute Gasteiger partial charge is 0.262 e. The van der Waals surface area contributed by atoms with Gasteiger partial charge in [0.2, 0.25) is 0 Å². The van der Waals surface area contributed by atoms with Crippen molar-refractivity contribution in [3.8, 4) is 6.07 Å². The molecule has 8 nitrogen and oxygen atoms in total. The number of hydrogen-bond donors (Lipinski definition) is 4. The summed E-state index contributed by atoms with van der Waals surface area (Å²) in [7, 11) is 0. The lowest BCUT2D eigenvalue weighted by Crippen LogP contribution is -2.48. The SMILES string of the molecule is CC(C)(C)CNc1c(C#N)cnc2c(Cl)cc(NC(C3=CN(C4(C(F)F)CC4)NN3)c3cccnc3Cl)cc12. The summed E-state index contributed by atoms with van der Waals surface area (Å²) in [6.45, 7) is 6.90. The number of anilines is 2. The highest BCUT2D eigenvalue weighted by Gasteiger charge is 2.56. The number of nitrogens with zero attached hydrogens (tertiary/aromatic N) is 4. The average Bonchev–Trinajstić information content (AvgIpc) is 3.56. The molecule has 2 aromatic heterocycles. The van der Waals surface area contributed by atoms with Crippen LogP contribution in [0.4, 0.5) is 20.2 Å². The first-order chi connectivity index (χ1) is 18.5. The van der Waals surface area contributed by atoms with Gasteiger partial charge in [0, 0.05) is 41.8 Å². The van der Waals surface area contributed by atoms with Gasteiger partial charge < -0.3 is 16.1 Å². The zero-order chi connectivity index (χ0) is 27.9. The molecule has 3 heterocycles. The predicted octanol–water partition coefficient (Wildman–Crippen LogP) is 6.38. The van der Waals surface area contributed by atoms with Gasteiger partial charge in [-0.2, -0.15) is 5.26 Å². The molecule has 1 unspecified atom stereocenters. The van der Waals surface area contributed by atoms with Crippen LogP contribution in [0.25, 0.3) is 10.9 Å². The van der Waals surface area contributed by atoms with E-state index in [4.69, 9.17) is 23.2 Å². The number of rotatable bonds is 8. The number of hydrogen-bond acceptors (Lipinski definition) is 8. The van der Waals surface area contributed by atoms with Crippen LogP contribution in [0.5, 0.6) is 0 Å². The maximum Gasteiger partial charge on any atom is 0.262 e. The second-order valence-electron chi connectivity index (χ2n) is 11.0. The number of nitriles is 1. The minimum Gasteiger partial charge on any atom is -0.383 e. The molecule has 1 aliphatic heterocycles. The first-order valence-electron chi connectivity index (χ1n) is 12.5. The van der Waals surface area contributed by atoms with Gasteiger partial charge in [-0.25, -0.2) is 13.8 Å². The highest BCUT2D eigenvalue weighted by molar-refractivity contribution is 6.36. The summed E-state index contributed by atoms with van der Waals surface area (Å²) >= 11 is 13.2. The lowest BCUT2D eigenvalue weighted by Gasteiger charge is -2.25. The summed E-state index contributed by atoms with van der Waals surface area (Å²) in [6.07, 6.45) is 2.98. The molecule has 5 rings (SSSR count). The van der Waals surface area contributed by atoms with Gasteiger partial charge in [0.25, 0.3) is 6.43 Å². The van der Waals surface area contributed by atoms with E-state index in [9.17, 15) is 14.0 Å². The van der Waals surface area contributed by atoms with Crippen molar-refractivity contribution in [1.29, 1.82) is 5.26 Å². The van der Waals surface area contributed by atoms with Crippen molar-refractivity contribution in [2.24, 2.45) is 5.41 Å². The zero-order valence-electron chi connectivity index (χ0n) is 21.6. The molecule has 1 aromatic carbocycles. The third-order valence-corrected chi connectivity index (χ3v) is 7.40. The predicted molar refractivity (Wildman–Crippen MR) is 149 cm³/mol. The van der Waals surface area contributed by atoms with Crippen molar-refractivity contribution >= 4 is 45.5 Å². The molecule has 1 fully saturated rings. The summed E-state index contributed by atoms with van der Waals surface area (Å²) in [6, 6.07) is 8.77. The van der Waals surface area contributed by atoms with Crippen molar-refractivity contribution in [3.63, 3.8) is 0 Å². The topological polar surface area (TPSA) is 101 Å². The normalized spacial score (nSPS) is 17.0. The fourth-order valence-corrected chi connectivity index (χ4v) is 4.98. The minimum atomic E-state index is -2.50. The number of fused-ring (bicyclic) bond motifs is 1. The van der Waals surface area contributed by atoms with E-state index in [1.807, 2.05) is 12.1 Å². The van der Waals surface area contributed by atoms with Gasteiger partial charge >= 0.3 is 0 Å². The molecular formula is C27H28Cl2F2N8. The monoisotopic (exact) mass is 572 g/mol. The van der Waals surface area contributed by atoms with Gasteiger partial charge in [-0.3, -0.25) is 9.99 Å². The molecule has 1 saturated carbocycles. The molecule has 12 heteroatoms. The molecule has 4 N–H and O–H groups in total. The molecule has 0 saturated heterocycles. The summed E-state index contributed by atoms with van der Waals surface area (Å²) in [5.41, 5.74) is 8.02. The molecule has 0 radical (unpaired) electrons. The van der Waals surface area contributed by atoms with Gasteiger partial charge in [0.15, 0.2) is 0 Å². The second kappa shape index (κ2) is 10.3. The van der Waals surface area contributed by atoms with Crippen molar-refractivity contribution in [3.05, 3.63) is 69.9 Å². The molecule has 204 valence electrons. The third kappa shape index (κ3) is 5.39. The average molecular weight is 573 g/mol. The number of nitrogens with one attached hydrogen (secondary N) is 4. The number of pyridine rings is 2. The van der Waals surface area contributed by atoms with Gasteiger partial charge in [-0.15, -0.1) is 5.53 Å². The fraction of sp³-hybridized carbons (Fsp3) is 0.370. The van der Waals surface area contributed by atoms with E-state index in [2.05, 4.69) is 58.4 Å². The van der Waals surface area contributed by atoms with E-state index < -0.39 is 18.0 Å².